The summed E-state index contributed by atoms with van der Waals surface area (Å²) in [6.45, 7) is 1.68. The summed E-state index contributed by atoms with van der Waals surface area (Å²) >= 11 is 0. The maximum absolute atomic E-state index is 13.5. The van der Waals surface area contributed by atoms with Gasteiger partial charge in [-0.2, -0.15) is 0 Å². The van der Waals surface area contributed by atoms with Crippen LogP contribution in [0.25, 0.3) is 0 Å². The average molecular weight is 222 g/mol. The first-order valence-corrected chi connectivity index (χ1v) is 5.02. The lowest BCUT2D eigenvalue weighted by Gasteiger charge is -2.07. The van der Waals surface area contributed by atoms with Gasteiger partial charge in [-0.1, -0.05) is 6.92 Å². The molecule has 1 aromatic carbocycles. The molecule has 0 saturated heterocycles. The van der Waals surface area contributed by atoms with E-state index in [4.69, 9.17) is 0 Å². The molecular weight excluding hydrogens is 211 g/mol. The predicted octanol–water partition coefficient (Wildman–Crippen LogP) is 1.67. The van der Waals surface area contributed by atoms with Crippen molar-refractivity contribution in [2.75, 3.05) is 10.6 Å². The molecule has 0 aromatic heterocycles. The van der Waals surface area contributed by atoms with Crippen LogP contribution in [-0.2, 0) is 16.0 Å². The van der Waals surface area contributed by atoms with Gasteiger partial charge in [-0.05, 0) is 17.7 Å². The lowest BCUT2D eigenvalue weighted by Crippen LogP contribution is -2.11. The van der Waals surface area contributed by atoms with E-state index in [-0.39, 0.29) is 30.3 Å². The number of hydrogen-bond donors (Lipinski definition) is 2. The smallest absolute Gasteiger partial charge is 0.228 e. The largest absolute Gasteiger partial charge is 0.325 e. The summed E-state index contributed by atoms with van der Waals surface area (Å²) in [6.07, 6.45) is 0.469. The van der Waals surface area contributed by atoms with Crippen molar-refractivity contribution in [1.29, 1.82) is 0 Å². The number of anilines is 2. The van der Waals surface area contributed by atoms with Crippen LogP contribution in [0.4, 0.5) is 15.8 Å². The van der Waals surface area contributed by atoms with Crippen molar-refractivity contribution in [2.45, 2.75) is 19.8 Å². The lowest BCUT2D eigenvalue weighted by molar-refractivity contribution is -0.116. The molecule has 0 aliphatic carbocycles. The Labute approximate surface area is 91.8 Å². The second-order valence-corrected chi connectivity index (χ2v) is 3.62. The molecule has 0 atom stereocenters. The molecule has 0 bridgehead atoms. The highest BCUT2D eigenvalue weighted by Crippen LogP contribution is 2.28. The molecule has 0 fully saturated rings. The summed E-state index contributed by atoms with van der Waals surface area (Å²) < 4.78 is 13.5. The average Bonchev–Trinajstić information content (AvgIpc) is 2.58. The van der Waals surface area contributed by atoms with Gasteiger partial charge in [0.2, 0.25) is 11.8 Å². The maximum atomic E-state index is 13.5. The second-order valence-electron chi connectivity index (χ2n) is 3.62. The van der Waals surface area contributed by atoms with Gasteiger partial charge in [0.15, 0.2) is 0 Å². The predicted molar refractivity (Wildman–Crippen MR) is 57.7 cm³/mol. The van der Waals surface area contributed by atoms with E-state index in [9.17, 15) is 14.0 Å². The highest BCUT2D eigenvalue weighted by atomic mass is 19.1. The van der Waals surface area contributed by atoms with Gasteiger partial charge in [0, 0.05) is 12.1 Å². The van der Waals surface area contributed by atoms with Crippen molar-refractivity contribution in [2.24, 2.45) is 0 Å². The summed E-state index contributed by atoms with van der Waals surface area (Å²) in [7, 11) is 0. The molecule has 84 valence electrons. The molecule has 0 radical (unpaired) electrons. The van der Waals surface area contributed by atoms with E-state index >= 15 is 0 Å². The minimum atomic E-state index is -0.517. The van der Waals surface area contributed by atoms with Crippen molar-refractivity contribution < 1.29 is 14.0 Å². The first-order chi connectivity index (χ1) is 7.60. The molecule has 1 heterocycles. The van der Waals surface area contributed by atoms with Crippen molar-refractivity contribution in [3.63, 3.8) is 0 Å². The number of nitrogens with one attached hydrogen (secondary N) is 2. The normalized spacial score (nSPS) is 13.2. The third-order valence-electron chi connectivity index (χ3n) is 2.41. The zero-order valence-electron chi connectivity index (χ0n) is 8.76. The van der Waals surface area contributed by atoms with E-state index < -0.39 is 5.82 Å². The van der Waals surface area contributed by atoms with Crippen molar-refractivity contribution in [1.82, 2.24) is 0 Å². The Balaban J connectivity index is 2.31. The Hall–Kier alpha value is -1.91. The van der Waals surface area contributed by atoms with Gasteiger partial charge < -0.3 is 10.6 Å². The third-order valence-corrected chi connectivity index (χ3v) is 2.41. The van der Waals surface area contributed by atoms with E-state index in [1.807, 2.05) is 0 Å². The van der Waals surface area contributed by atoms with Gasteiger partial charge >= 0.3 is 0 Å². The zero-order valence-corrected chi connectivity index (χ0v) is 8.76. The topological polar surface area (TPSA) is 58.2 Å². The minimum Gasteiger partial charge on any atom is -0.325 e. The van der Waals surface area contributed by atoms with E-state index in [1.54, 1.807) is 6.92 Å². The molecule has 16 heavy (non-hydrogen) atoms. The van der Waals surface area contributed by atoms with Crippen LogP contribution in [0.15, 0.2) is 12.1 Å². The number of fused-ring (bicyclic) bond motifs is 1. The van der Waals surface area contributed by atoms with Crippen molar-refractivity contribution >= 4 is 23.2 Å². The molecule has 1 aliphatic heterocycles. The second kappa shape index (κ2) is 3.92. The van der Waals surface area contributed by atoms with Crippen LogP contribution in [0.3, 0.4) is 0 Å². The third kappa shape index (κ3) is 1.88. The molecule has 0 spiro atoms. The van der Waals surface area contributed by atoms with Gasteiger partial charge in [-0.15, -0.1) is 0 Å². The molecule has 0 saturated carbocycles. The van der Waals surface area contributed by atoms with Gasteiger partial charge in [-0.3, -0.25) is 9.59 Å². The standard InChI is InChI=1S/C11H11FN2O2/c1-2-10(15)14-9-5-8-6(3-7(9)12)4-11(16)13-8/h3,5H,2,4H2,1H3,(H,13,16)(H,14,15). The summed E-state index contributed by atoms with van der Waals surface area (Å²) in [5.41, 5.74) is 1.29. The van der Waals surface area contributed by atoms with Crippen LogP contribution in [0.5, 0.6) is 0 Å². The zero-order chi connectivity index (χ0) is 11.7. The summed E-state index contributed by atoms with van der Waals surface area (Å²) in [6, 6.07) is 2.72. The number of carbonyl (C=O) groups excluding carboxylic acids is 2. The number of halogens is 1. The number of benzene rings is 1. The van der Waals surface area contributed by atoms with Crippen LogP contribution in [0.1, 0.15) is 18.9 Å². The van der Waals surface area contributed by atoms with Gasteiger partial charge in [0.1, 0.15) is 5.82 Å². The summed E-state index contributed by atoms with van der Waals surface area (Å²) in [4.78, 5) is 22.2. The van der Waals surface area contributed by atoms with Gasteiger partial charge in [0.25, 0.3) is 0 Å². The Morgan fingerprint density at radius 1 is 1.56 bits per heavy atom. The molecule has 2 amide bonds. The fourth-order valence-corrected chi connectivity index (χ4v) is 1.58. The Kier molecular flexibility index (Phi) is 2.60. The molecule has 2 N–H and O–H groups in total. The quantitative estimate of drug-likeness (QED) is 0.799. The Bertz CT molecular complexity index is 471. The van der Waals surface area contributed by atoms with Gasteiger partial charge in [-0.25, -0.2) is 4.39 Å². The summed E-state index contributed by atoms with van der Waals surface area (Å²) in [5, 5.41) is 5.04. The van der Waals surface area contributed by atoms with Crippen LogP contribution < -0.4 is 10.6 Å². The molecular formula is C11H11FN2O2. The maximum Gasteiger partial charge on any atom is 0.228 e. The molecule has 0 unspecified atom stereocenters. The van der Waals surface area contributed by atoms with Crippen LogP contribution in [0, 0.1) is 5.82 Å². The summed E-state index contributed by atoms with van der Waals surface area (Å²) in [5.74, 6) is -0.936. The SMILES string of the molecule is CCC(=O)Nc1cc2c(cc1F)CC(=O)N2. The Morgan fingerprint density at radius 3 is 3.00 bits per heavy atom. The van der Waals surface area contributed by atoms with E-state index in [1.165, 1.54) is 12.1 Å². The van der Waals surface area contributed by atoms with Crippen molar-refractivity contribution in [3.05, 3.63) is 23.5 Å². The number of rotatable bonds is 2. The molecule has 2 rings (SSSR count). The van der Waals surface area contributed by atoms with Crippen LogP contribution in [-0.4, -0.2) is 11.8 Å². The van der Waals surface area contributed by atoms with E-state index in [2.05, 4.69) is 10.6 Å². The number of hydrogen-bond acceptors (Lipinski definition) is 2. The molecule has 1 aromatic rings. The van der Waals surface area contributed by atoms with Crippen LogP contribution in [0.2, 0.25) is 0 Å². The first kappa shape index (κ1) is 10.6. The van der Waals surface area contributed by atoms with E-state index in [0.717, 1.165) is 0 Å². The number of carbonyl (C=O) groups is 2. The highest BCUT2D eigenvalue weighted by Gasteiger charge is 2.20. The fraction of sp³-hybridized carbons (Fsp3) is 0.273. The molecule has 4 nitrogen and oxygen atoms in total. The van der Waals surface area contributed by atoms with Crippen molar-refractivity contribution in [3.8, 4) is 0 Å². The van der Waals surface area contributed by atoms with E-state index in [0.29, 0.717) is 11.3 Å². The first-order valence-electron chi connectivity index (χ1n) is 5.02. The van der Waals surface area contributed by atoms with Gasteiger partial charge in [0.05, 0.1) is 12.1 Å². The van der Waals surface area contributed by atoms with Crippen LogP contribution >= 0.6 is 0 Å². The lowest BCUT2D eigenvalue weighted by atomic mass is 10.1. The monoisotopic (exact) mass is 222 g/mol. The highest BCUT2D eigenvalue weighted by molar-refractivity contribution is 6.00. The molecule has 1 aliphatic rings. The Morgan fingerprint density at radius 2 is 2.31 bits per heavy atom. The minimum absolute atomic E-state index is 0.104. The fourth-order valence-electron chi connectivity index (χ4n) is 1.58. The molecule has 5 heteroatoms. The number of amides is 2.